The van der Waals surface area contributed by atoms with E-state index in [1.807, 2.05) is 13.8 Å². The Morgan fingerprint density at radius 2 is 2.00 bits per heavy atom. The number of nitrogens with zero attached hydrogens (tertiary/aromatic N) is 2. The van der Waals surface area contributed by atoms with Crippen LogP contribution in [0.15, 0.2) is 29.1 Å². The van der Waals surface area contributed by atoms with Crippen molar-refractivity contribution in [1.29, 1.82) is 0 Å². The Kier molecular flexibility index (Phi) is 4.18. The molecule has 1 aromatic carbocycles. The molecular formula is C14H13ClF2N2O. The summed E-state index contributed by atoms with van der Waals surface area (Å²) in [6, 6.07) is 4.30. The summed E-state index contributed by atoms with van der Waals surface area (Å²) >= 11 is 5.77. The van der Waals surface area contributed by atoms with Gasteiger partial charge in [0.2, 0.25) is 0 Å². The van der Waals surface area contributed by atoms with Gasteiger partial charge in [-0.15, -0.1) is 0 Å². The average Bonchev–Trinajstić information content (AvgIpc) is 2.36. The molecule has 1 heterocycles. The molecule has 0 bridgehead atoms. The van der Waals surface area contributed by atoms with E-state index in [0.717, 1.165) is 24.3 Å². The molecule has 6 heteroatoms. The van der Waals surface area contributed by atoms with Crippen LogP contribution in [-0.2, 0) is 6.54 Å². The maximum atomic E-state index is 13.7. The third kappa shape index (κ3) is 3.04. The van der Waals surface area contributed by atoms with Gasteiger partial charge in [0.15, 0.2) is 0 Å². The molecule has 0 saturated heterocycles. The maximum Gasteiger partial charge on any atom is 0.255 e. The number of benzene rings is 1. The fraction of sp³-hybridized carbons (Fsp3) is 0.286. The molecule has 0 aliphatic rings. The smallest absolute Gasteiger partial charge is 0.255 e. The van der Waals surface area contributed by atoms with Crippen LogP contribution < -0.4 is 5.56 Å². The highest BCUT2D eigenvalue weighted by atomic mass is 35.5. The lowest BCUT2D eigenvalue weighted by Crippen LogP contribution is -2.26. The van der Waals surface area contributed by atoms with Gasteiger partial charge in [0, 0.05) is 17.5 Å². The lowest BCUT2D eigenvalue weighted by molar-refractivity contribution is 0.559. The second-order valence-electron chi connectivity index (χ2n) is 4.75. The van der Waals surface area contributed by atoms with Crippen LogP contribution in [0.1, 0.15) is 31.2 Å². The van der Waals surface area contributed by atoms with Crippen molar-refractivity contribution in [3.05, 3.63) is 62.8 Å². The third-order valence-corrected chi connectivity index (χ3v) is 3.05. The van der Waals surface area contributed by atoms with E-state index in [1.165, 1.54) is 4.57 Å². The summed E-state index contributed by atoms with van der Waals surface area (Å²) in [7, 11) is 0. The Labute approximate surface area is 119 Å². The Morgan fingerprint density at radius 1 is 1.30 bits per heavy atom. The number of rotatable bonds is 3. The van der Waals surface area contributed by atoms with E-state index in [-0.39, 0.29) is 23.2 Å². The largest absolute Gasteiger partial charge is 0.292 e. The zero-order valence-corrected chi connectivity index (χ0v) is 11.8. The van der Waals surface area contributed by atoms with Gasteiger partial charge in [0.1, 0.15) is 22.6 Å². The van der Waals surface area contributed by atoms with Gasteiger partial charge in [0.25, 0.3) is 5.56 Å². The quantitative estimate of drug-likeness (QED) is 0.815. The van der Waals surface area contributed by atoms with Crippen molar-refractivity contribution < 1.29 is 8.78 Å². The molecule has 0 aliphatic heterocycles. The molecule has 0 amide bonds. The Balaban J connectivity index is 2.53. The van der Waals surface area contributed by atoms with Gasteiger partial charge in [-0.05, 0) is 18.2 Å². The maximum absolute atomic E-state index is 13.7. The van der Waals surface area contributed by atoms with E-state index in [0.29, 0.717) is 5.82 Å². The number of hydrogen-bond donors (Lipinski definition) is 0. The van der Waals surface area contributed by atoms with E-state index < -0.39 is 17.2 Å². The molecule has 0 atom stereocenters. The summed E-state index contributed by atoms with van der Waals surface area (Å²) in [5, 5.41) is 0.0923. The van der Waals surface area contributed by atoms with E-state index >= 15 is 0 Å². The van der Waals surface area contributed by atoms with Crippen LogP contribution in [0.25, 0.3) is 0 Å². The molecule has 0 radical (unpaired) electrons. The first-order valence-corrected chi connectivity index (χ1v) is 6.47. The molecule has 0 spiro atoms. The van der Waals surface area contributed by atoms with E-state index in [9.17, 15) is 13.6 Å². The normalized spacial score (nSPS) is 11.1. The zero-order chi connectivity index (χ0) is 14.9. The number of aromatic nitrogens is 2. The van der Waals surface area contributed by atoms with Crippen LogP contribution in [0.2, 0.25) is 5.15 Å². The predicted molar refractivity (Wildman–Crippen MR) is 73.1 cm³/mol. The Morgan fingerprint density at radius 3 is 2.65 bits per heavy atom. The first kappa shape index (κ1) is 14.7. The van der Waals surface area contributed by atoms with Gasteiger partial charge in [0.05, 0.1) is 6.54 Å². The fourth-order valence-corrected chi connectivity index (χ4v) is 2.11. The summed E-state index contributed by atoms with van der Waals surface area (Å²) in [5.41, 5.74) is -0.296. The molecule has 20 heavy (non-hydrogen) atoms. The molecule has 1 aromatic heterocycles. The van der Waals surface area contributed by atoms with E-state index in [2.05, 4.69) is 4.98 Å². The molecule has 0 saturated carbocycles. The lowest BCUT2D eigenvalue weighted by atomic mass is 10.1. The summed E-state index contributed by atoms with van der Waals surface area (Å²) in [4.78, 5) is 16.1. The van der Waals surface area contributed by atoms with Gasteiger partial charge in [-0.25, -0.2) is 13.8 Å². The minimum Gasteiger partial charge on any atom is -0.292 e. The summed E-state index contributed by atoms with van der Waals surface area (Å²) in [6.07, 6.45) is 0. The van der Waals surface area contributed by atoms with Crippen LogP contribution in [0, 0.1) is 11.6 Å². The molecule has 2 aromatic rings. The van der Waals surface area contributed by atoms with Crippen molar-refractivity contribution in [3.8, 4) is 0 Å². The Bertz CT molecular complexity index is 698. The molecule has 3 nitrogen and oxygen atoms in total. The fourth-order valence-electron chi connectivity index (χ4n) is 1.93. The van der Waals surface area contributed by atoms with Crippen LogP contribution in [0.5, 0.6) is 0 Å². The van der Waals surface area contributed by atoms with Crippen molar-refractivity contribution in [1.82, 2.24) is 9.55 Å². The van der Waals surface area contributed by atoms with Gasteiger partial charge in [-0.2, -0.15) is 0 Å². The number of hydrogen-bond acceptors (Lipinski definition) is 2. The minimum absolute atomic E-state index is 0.0713. The molecule has 0 unspecified atom stereocenters. The van der Waals surface area contributed by atoms with Crippen LogP contribution >= 0.6 is 11.6 Å². The second-order valence-corrected chi connectivity index (χ2v) is 5.14. The van der Waals surface area contributed by atoms with Gasteiger partial charge in [-0.1, -0.05) is 25.4 Å². The molecule has 0 fully saturated rings. The van der Waals surface area contributed by atoms with Crippen LogP contribution in [0.4, 0.5) is 8.78 Å². The van der Waals surface area contributed by atoms with Crippen LogP contribution in [0.3, 0.4) is 0 Å². The minimum atomic E-state index is -0.567. The van der Waals surface area contributed by atoms with Gasteiger partial charge >= 0.3 is 0 Å². The summed E-state index contributed by atoms with van der Waals surface area (Å²) in [5.74, 6) is -0.755. The summed E-state index contributed by atoms with van der Waals surface area (Å²) < 4.78 is 28.2. The molecule has 2 rings (SSSR count). The summed E-state index contributed by atoms with van der Waals surface area (Å²) in [6.45, 7) is 3.60. The second kappa shape index (κ2) is 5.71. The highest BCUT2D eigenvalue weighted by Crippen LogP contribution is 2.16. The average molecular weight is 299 g/mol. The number of halogens is 3. The molecule has 0 aliphatic carbocycles. The van der Waals surface area contributed by atoms with Crippen molar-refractivity contribution in [2.75, 3.05) is 0 Å². The molecule has 106 valence electrons. The first-order valence-electron chi connectivity index (χ1n) is 6.09. The van der Waals surface area contributed by atoms with Gasteiger partial charge < -0.3 is 0 Å². The molecule has 0 N–H and O–H groups in total. The SMILES string of the molecule is CC(C)c1nc(Cl)cc(=O)n1Cc1cc(F)ccc1F. The van der Waals surface area contributed by atoms with E-state index in [1.54, 1.807) is 0 Å². The zero-order valence-electron chi connectivity index (χ0n) is 11.0. The Hall–Kier alpha value is -1.75. The monoisotopic (exact) mass is 298 g/mol. The standard InChI is InChI=1S/C14H13ClF2N2O/c1-8(2)14-18-12(15)6-13(20)19(14)7-9-5-10(16)3-4-11(9)17/h3-6,8H,7H2,1-2H3. The van der Waals surface area contributed by atoms with Crippen LogP contribution in [-0.4, -0.2) is 9.55 Å². The van der Waals surface area contributed by atoms with Crippen molar-refractivity contribution in [2.24, 2.45) is 0 Å². The molecular weight excluding hydrogens is 286 g/mol. The lowest BCUT2D eigenvalue weighted by Gasteiger charge is -2.15. The highest BCUT2D eigenvalue weighted by molar-refractivity contribution is 6.29. The topological polar surface area (TPSA) is 34.9 Å². The van der Waals surface area contributed by atoms with Crippen molar-refractivity contribution in [3.63, 3.8) is 0 Å². The van der Waals surface area contributed by atoms with Crippen molar-refractivity contribution in [2.45, 2.75) is 26.3 Å². The first-order chi connectivity index (χ1) is 9.38. The third-order valence-electron chi connectivity index (χ3n) is 2.86. The van der Waals surface area contributed by atoms with E-state index in [4.69, 9.17) is 11.6 Å². The van der Waals surface area contributed by atoms with Gasteiger partial charge in [-0.3, -0.25) is 9.36 Å². The van der Waals surface area contributed by atoms with Crippen molar-refractivity contribution >= 4 is 11.6 Å². The predicted octanol–water partition coefficient (Wildman–Crippen LogP) is 3.35. The highest BCUT2D eigenvalue weighted by Gasteiger charge is 2.14.